The number of allylic oxidation sites excluding steroid dienone is 2. The molecule has 0 amide bonds. The Morgan fingerprint density at radius 3 is 1.40 bits per heavy atom. The normalized spacial score (nSPS) is 19.5. The molecule has 2 aliphatic rings. The fourth-order valence-electron chi connectivity index (χ4n) is 7.21. The third-order valence-electron chi connectivity index (χ3n) is 9.30. The van der Waals surface area contributed by atoms with Gasteiger partial charge in [-0.25, -0.2) is 0 Å². The molecule has 0 bridgehead atoms. The zero-order valence-electron chi connectivity index (χ0n) is 24.0. The molecule has 6 heteroatoms. The summed E-state index contributed by atoms with van der Waals surface area (Å²) in [6, 6.07) is 22.5. The molecule has 4 aromatic rings. The van der Waals surface area contributed by atoms with Gasteiger partial charge in [-0.15, -0.1) is 0 Å². The molecule has 0 fully saturated rings. The Hall–Kier alpha value is -1.00. The van der Waals surface area contributed by atoms with Crippen LogP contribution < -0.4 is 0 Å². The fraction of sp³-hybridized carbons (Fsp3) is 0.294. The molecule has 0 spiro atoms. The monoisotopic (exact) mass is 697 g/mol. The summed E-state index contributed by atoms with van der Waals surface area (Å²) < 4.78 is 0.240. The summed E-state index contributed by atoms with van der Waals surface area (Å²) in [5, 5.41) is 4.34. The van der Waals surface area contributed by atoms with E-state index in [1.54, 1.807) is 0 Å². The number of rotatable bonds is 7. The van der Waals surface area contributed by atoms with E-state index in [1.807, 2.05) is 22.7 Å². The average molecular weight is 700 g/mol. The molecule has 40 heavy (non-hydrogen) atoms. The van der Waals surface area contributed by atoms with Crippen LogP contribution in [0.2, 0.25) is 13.1 Å². The van der Waals surface area contributed by atoms with E-state index in [4.69, 9.17) is 17.0 Å². The fourth-order valence-corrected chi connectivity index (χ4v) is 40.2. The second-order valence-electron chi connectivity index (χ2n) is 12.4. The number of hydrogen-bond donors (Lipinski definition) is 0. The Labute approximate surface area is 256 Å². The third kappa shape index (κ3) is 4.35. The Kier molecular flexibility index (Phi) is 7.72. The van der Waals surface area contributed by atoms with E-state index in [9.17, 15) is 0 Å². The van der Waals surface area contributed by atoms with Crippen molar-refractivity contribution in [3.05, 3.63) is 105 Å². The first-order valence-corrected chi connectivity index (χ1v) is 32.4. The summed E-state index contributed by atoms with van der Waals surface area (Å²) in [5.74, 6) is -0.846. The topological polar surface area (TPSA) is 0 Å². The van der Waals surface area contributed by atoms with E-state index in [1.165, 1.54) is 54.3 Å². The number of halogens is 2. The molecule has 6 rings (SSSR count). The SMILES string of the molecule is CC(C)C1=Cc2c(-c3cccs3)cccc2[CH]1[Zr]([Cl])([Cl])([CH]1C(C(C)C)=Cc2c(-c3cccs3)cccc21)[SiH](C)C. The first-order valence-electron chi connectivity index (χ1n) is 14.4. The molecule has 2 aromatic heterocycles. The van der Waals surface area contributed by atoms with Gasteiger partial charge in [0.1, 0.15) is 0 Å². The summed E-state index contributed by atoms with van der Waals surface area (Å²) in [7, 11) is 17.2. The quantitative estimate of drug-likeness (QED) is 0.168. The minimum absolute atomic E-state index is 0.120. The van der Waals surface area contributed by atoms with Crippen LogP contribution in [-0.2, 0) is 15.6 Å². The molecule has 0 aliphatic heterocycles. The molecule has 0 N–H and O–H groups in total. The number of hydrogen-bond acceptors (Lipinski definition) is 2. The van der Waals surface area contributed by atoms with Crippen molar-refractivity contribution in [3.63, 3.8) is 0 Å². The van der Waals surface area contributed by atoms with Gasteiger partial charge in [0.05, 0.1) is 0 Å². The zero-order chi connectivity index (χ0) is 28.4. The summed E-state index contributed by atoms with van der Waals surface area (Å²) in [5.41, 5.74) is 11.0. The van der Waals surface area contributed by atoms with Crippen molar-refractivity contribution in [1.29, 1.82) is 0 Å². The van der Waals surface area contributed by atoms with Crippen LogP contribution in [0.1, 0.15) is 57.2 Å². The van der Waals surface area contributed by atoms with Crippen LogP contribution in [-0.4, -0.2) is 5.92 Å². The minimum atomic E-state index is -4.77. The molecule has 2 atom stereocenters. The molecule has 2 heterocycles. The van der Waals surface area contributed by atoms with Gasteiger partial charge in [0.15, 0.2) is 0 Å². The maximum absolute atomic E-state index is 8.59. The van der Waals surface area contributed by atoms with Gasteiger partial charge in [-0.2, -0.15) is 0 Å². The number of fused-ring (bicyclic) bond motifs is 2. The van der Waals surface area contributed by atoms with Crippen LogP contribution >= 0.6 is 39.7 Å². The van der Waals surface area contributed by atoms with Crippen LogP contribution in [0.5, 0.6) is 0 Å². The van der Waals surface area contributed by atoms with Crippen LogP contribution in [0.4, 0.5) is 0 Å². The first kappa shape index (κ1) is 29.1. The van der Waals surface area contributed by atoms with Gasteiger partial charge in [0.25, 0.3) is 0 Å². The van der Waals surface area contributed by atoms with Crippen molar-refractivity contribution in [2.75, 3.05) is 0 Å². The Bertz CT molecular complexity index is 1510. The van der Waals surface area contributed by atoms with Crippen molar-refractivity contribution in [3.8, 4) is 20.9 Å². The van der Waals surface area contributed by atoms with Crippen LogP contribution in [0.3, 0.4) is 0 Å². The maximum atomic E-state index is 8.59. The molecule has 0 saturated carbocycles. The molecule has 0 radical (unpaired) electrons. The average Bonchev–Trinajstić information content (AvgIpc) is 3.72. The van der Waals surface area contributed by atoms with Gasteiger partial charge < -0.3 is 0 Å². The van der Waals surface area contributed by atoms with Crippen molar-refractivity contribution < 1.29 is 15.6 Å². The van der Waals surface area contributed by atoms with Crippen LogP contribution in [0.25, 0.3) is 33.0 Å². The van der Waals surface area contributed by atoms with Crippen LogP contribution in [0, 0.1) is 11.8 Å². The summed E-state index contributed by atoms with van der Waals surface area (Å²) in [6.07, 6.45) is 4.95. The second-order valence-corrected chi connectivity index (χ2v) is 56.8. The molecule has 2 aromatic carbocycles. The Balaban J connectivity index is 1.63. The number of benzene rings is 2. The predicted octanol–water partition coefficient (Wildman–Crippen LogP) is 12.0. The Morgan fingerprint density at radius 1 is 0.650 bits per heavy atom. The van der Waals surface area contributed by atoms with Crippen molar-refractivity contribution in [1.82, 2.24) is 0 Å². The van der Waals surface area contributed by atoms with E-state index in [2.05, 4.69) is 124 Å². The van der Waals surface area contributed by atoms with E-state index in [0.717, 1.165) is 0 Å². The molecule has 207 valence electrons. The van der Waals surface area contributed by atoms with Gasteiger partial charge in [0.2, 0.25) is 0 Å². The molecule has 0 nitrogen and oxygen atoms in total. The molecular weight excluding hydrogens is 663 g/mol. The van der Waals surface area contributed by atoms with Gasteiger partial charge in [-0.1, -0.05) is 0 Å². The predicted molar refractivity (Wildman–Crippen MR) is 181 cm³/mol. The van der Waals surface area contributed by atoms with E-state index in [-0.39, 0.29) is 7.25 Å². The standard InChI is InChI=1S/2C16H15S.C2H7Si.2ClH.Zr/c2*1-11(2)13-9-12-5-3-6-14(15(12)10-13)16-7-4-8-17-16;1-3-2;;;/h2*3-11H,1-2H3;3H,1-2H3;2*1H;/q;;;;;+2/p-2. The third-order valence-corrected chi connectivity index (χ3v) is 62.8. The molecule has 0 saturated heterocycles. The second kappa shape index (κ2) is 10.6. The summed E-state index contributed by atoms with van der Waals surface area (Å²) >= 11 is -1.15. The zero-order valence-corrected chi connectivity index (χ0v) is 30.8. The van der Waals surface area contributed by atoms with Gasteiger partial charge in [-0.3, -0.25) is 0 Å². The summed E-state index contributed by atoms with van der Waals surface area (Å²) in [6.45, 7) is 14.2. The Morgan fingerprint density at radius 2 is 1.07 bits per heavy atom. The number of thiophene rings is 2. The van der Waals surface area contributed by atoms with Crippen LogP contribution in [0.15, 0.2) is 82.6 Å². The van der Waals surface area contributed by atoms with Gasteiger partial charge in [-0.05, 0) is 0 Å². The van der Waals surface area contributed by atoms with E-state index >= 15 is 0 Å². The van der Waals surface area contributed by atoms with Crippen molar-refractivity contribution in [2.45, 2.75) is 48.0 Å². The van der Waals surface area contributed by atoms with Crippen molar-refractivity contribution in [2.24, 2.45) is 11.8 Å². The van der Waals surface area contributed by atoms with Gasteiger partial charge >= 0.3 is 259 Å². The van der Waals surface area contributed by atoms with Crippen molar-refractivity contribution >= 4 is 57.8 Å². The first-order chi connectivity index (χ1) is 19.0. The molecular formula is C34H37Cl2S2SiZr. The summed E-state index contributed by atoms with van der Waals surface area (Å²) in [4.78, 5) is 2.62. The molecule has 2 unspecified atom stereocenters. The molecule has 2 aliphatic carbocycles. The van der Waals surface area contributed by atoms with E-state index in [0.29, 0.717) is 11.8 Å². The van der Waals surface area contributed by atoms with Gasteiger partial charge in [0, 0.05) is 0 Å². The van der Waals surface area contributed by atoms with E-state index < -0.39 is 21.5 Å².